The molecule has 1 unspecified atom stereocenters. The highest BCUT2D eigenvalue weighted by Gasteiger charge is 2.17. The van der Waals surface area contributed by atoms with Crippen LogP contribution in [0, 0.1) is 18.6 Å². The summed E-state index contributed by atoms with van der Waals surface area (Å²) in [5, 5.41) is 0. The zero-order valence-electron chi connectivity index (χ0n) is 9.82. The van der Waals surface area contributed by atoms with Crippen molar-refractivity contribution in [2.24, 2.45) is 5.84 Å². The molecule has 18 heavy (non-hydrogen) atoms. The van der Waals surface area contributed by atoms with Crippen LogP contribution in [-0.4, -0.2) is 4.98 Å². The van der Waals surface area contributed by atoms with Gasteiger partial charge in [0.2, 0.25) is 0 Å². The first-order valence-electron chi connectivity index (χ1n) is 5.45. The van der Waals surface area contributed by atoms with E-state index >= 15 is 0 Å². The molecule has 1 aromatic carbocycles. The average Bonchev–Trinajstić information content (AvgIpc) is 2.35. The average molecular weight is 249 g/mol. The second-order valence-electron chi connectivity index (χ2n) is 4.00. The van der Waals surface area contributed by atoms with Gasteiger partial charge in [0.15, 0.2) is 0 Å². The Labute approximate surface area is 104 Å². The number of nitrogens with two attached hydrogens (primary N) is 1. The Morgan fingerprint density at radius 2 is 2.00 bits per heavy atom. The van der Waals surface area contributed by atoms with Gasteiger partial charge in [0, 0.05) is 23.5 Å². The highest BCUT2D eigenvalue weighted by atomic mass is 19.1. The molecule has 94 valence electrons. The summed E-state index contributed by atoms with van der Waals surface area (Å²) in [6.07, 6.45) is 1.61. The van der Waals surface area contributed by atoms with Crippen LogP contribution in [0.1, 0.15) is 22.9 Å². The van der Waals surface area contributed by atoms with Crippen molar-refractivity contribution >= 4 is 0 Å². The number of nitrogens with one attached hydrogen (secondary N) is 1. The molecule has 1 heterocycles. The number of aryl methyl sites for hydroxylation is 1. The van der Waals surface area contributed by atoms with Crippen LogP contribution in [0.4, 0.5) is 8.78 Å². The Morgan fingerprint density at radius 1 is 1.22 bits per heavy atom. The summed E-state index contributed by atoms with van der Waals surface area (Å²) in [6, 6.07) is 6.45. The number of benzene rings is 1. The van der Waals surface area contributed by atoms with Crippen molar-refractivity contribution in [3.05, 3.63) is 65.0 Å². The SMILES string of the molecule is Cc1ccc(C(NN)c2ccc(F)cc2F)cn1. The van der Waals surface area contributed by atoms with Crippen molar-refractivity contribution in [3.8, 4) is 0 Å². The quantitative estimate of drug-likeness (QED) is 0.647. The van der Waals surface area contributed by atoms with E-state index in [4.69, 9.17) is 5.84 Å². The molecule has 0 amide bonds. The third-order valence-electron chi connectivity index (χ3n) is 2.71. The van der Waals surface area contributed by atoms with E-state index in [0.29, 0.717) is 5.56 Å². The van der Waals surface area contributed by atoms with Gasteiger partial charge in [-0.05, 0) is 24.6 Å². The van der Waals surface area contributed by atoms with Gasteiger partial charge in [-0.15, -0.1) is 0 Å². The fraction of sp³-hybridized carbons (Fsp3) is 0.154. The number of nitrogens with zero attached hydrogens (tertiary/aromatic N) is 1. The van der Waals surface area contributed by atoms with Crippen molar-refractivity contribution in [3.63, 3.8) is 0 Å². The maximum atomic E-state index is 13.7. The standard InChI is InChI=1S/C13H13F2N3/c1-8-2-3-9(7-17-8)13(18-16)11-5-4-10(14)6-12(11)15/h2-7,13,18H,16H2,1H3. The second-order valence-corrected chi connectivity index (χ2v) is 4.00. The molecule has 1 aromatic heterocycles. The second kappa shape index (κ2) is 5.20. The molecule has 3 nitrogen and oxygen atoms in total. The van der Waals surface area contributed by atoms with Gasteiger partial charge in [-0.1, -0.05) is 12.1 Å². The van der Waals surface area contributed by atoms with Crippen molar-refractivity contribution in [2.45, 2.75) is 13.0 Å². The summed E-state index contributed by atoms with van der Waals surface area (Å²) >= 11 is 0. The molecule has 0 saturated heterocycles. The fourth-order valence-electron chi connectivity index (χ4n) is 1.75. The number of halogens is 2. The minimum Gasteiger partial charge on any atom is -0.271 e. The number of aromatic nitrogens is 1. The van der Waals surface area contributed by atoms with Crippen molar-refractivity contribution < 1.29 is 8.78 Å². The first kappa shape index (κ1) is 12.6. The highest BCUT2D eigenvalue weighted by molar-refractivity contribution is 5.31. The van der Waals surface area contributed by atoms with E-state index in [2.05, 4.69) is 10.4 Å². The van der Waals surface area contributed by atoms with E-state index in [0.717, 1.165) is 11.8 Å². The van der Waals surface area contributed by atoms with E-state index in [1.807, 2.05) is 6.92 Å². The number of hydrogen-bond acceptors (Lipinski definition) is 3. The van der Waals surface area contributed by atoms with E-state index < -0.39 is 17.7 Å². The van der Waals surface area contributed by atoms with E-state index in [1.165, 1.54) is 12.1 Å². The molecule has 2 rings (SSSR count). The molecule has 5 heteroatoms. The zero-order chi connectivity index (χ0) is 13.1. The van der Waals surface area contributed by atoms with Gasteiger partial charge in [-0.25, -0.2) is 14.2 Å². The van der Waals surface area contributed by atoms with Gasteiger partial charge in [0.1, 0.15) is 11.6 Å². The molecule has 1 atom stereocenters. The molecular formula is C13H13F2N3. The Morgan fingerprint density at radius 3 is 2.56 bits per heavy atom. The summed E-state index contributed by atoms with van der Waals surface area (Å²) in [4.78, 5) is 4.13. The van der Waals surface area contributed by atoms with Crippen LogP contribution in [0.3, 0.4) is 0 Å². The van der Waals surface area contributed by atoms with Crippen LogP contribution >= 0.6 is 0 Å². The Hall–Kier alpha value is -1.85. The summed E-state index contributed by atoms with van der Waals surface area (Å²) in [6.45, 7) is 1.85. The summed E-state index contributed by atoms with van der Waals surface area (Å²) < 4.78 is 26.6. The van der Waals surface area contributed by atoms with Gasteiger partial charge in [-0.2, -0.15) is 0 Å². The van der Waals surface area contributed by atoms with E-state index in [1.54, 1.807) is 18.3 Å². The Bertz CT molecular complexity index is 540. The molecule has 0 aliphatic rings. The number of rotatable bonds is 3. The van der Waals surface area contributed by atoms with Crippen LogP contribution in [0.25, 0.3) is 0 Å². The molecule has 0 bridgehead atoms. The predicted octanol–water partition coefficient (Wildman–Crippen LogP) is 2.22. The van der Waals surface area contributed by atoms with Gasteiger partial charge >= 0.3 is 0 Å². The van der Waals surface area contributed by atoms with E-state index in [9.17, 15) is 8.78 Å². The number of hydrazine groups is 1. The summed E-state index contributed by atoms with van der Waals surface area (Å²) in [5.41, 5.74) is 4.37. The molecule has 0 radical (unpaired) electrons. The summed E-state index contributed by atoms with van der Waals surface area (Å²) in [5.74, 6) is 4.19. The minimum atomic E-state index is -0.640. The lowest BCUT2D eigenvalue weighted by Gasteiger charge is -2.17. The van der Waals surface area contributed by atoms with Gasteiger partial charge < -0.3 is 0 Å². The molecule has 0 aliphatic carbocycles. The first-order chi connectivity index (χ1) is 8.61. The largest absolute Gasteiger partial charge is 0.271 e. The van der Waals surface area contributed by atoms with Gasteiger partial charge in [0.05, 0.1) is 6.04 Å². The van der Waals surface area contributed by atoms with Crippen LogP contribution in [-0.2, 0) is 0 Å². The lowest BCUT2D eigenvalue weighted by atomic mass is 10.00. The molecule has 0 fully saturated rings. The molecule has 3 N–H and O–H groups in total. The van der Waals surface area contributed by atoms with E-state index in [-0.39, 0.29) is 5.56 Å². The first-order valence-corrected chi connectivity index (χ1v) is 5.45. The fourth-order valence-corrected chi connectivity index (χ4v) is 1.75. The van der Waals surface area contributed by atoms with Crippen LogP contribution in [0.2, 0.25) is 0 Å². The Balaban J connectivity index is 2.41. The molecular weight excluding hydrogens is 236 g/mol. The topological polar surface area (TPSA) is 50.9 Å². The van der Waals surface area contributed by atoms with Crippen molar-refractivity contribution in [1.82, 2.24) is 10.4 Å². The third-order valence-corrected chi connectivity index (χ3v) is 2.71. The lowest BCUT2D eigenvalue weighted by Crippen LogP contribution is -2.29. The number of pyridine rings is 1. The Kier molecular flexibility index (Phi) is 3.64. The van der Waals surface area contributed by atoms with Gasteiger partial charge in [-0.3, -0.25) is 10.8 Å². The number of hydrogen-bond donors (Lipinski definition) is 2. The van der Waals surface area contributed by atoms with Crippen molar-refractivity contribution in [1.29, 1.82) is 0 Å². The smallest absolute Gasteiger partial charge is 0.131 e. The maximum Gasteiger partial charge on any atom is 0.131 e. The monoisotopic (exact) mass is 249 g/mol. The maximum absolute atomic E-state index is 13.7. The third kappa shape index (κ3) is 2.52. The summed E-state index contributed by atoms with van der Waals surface area (Å²) in [7, 11) is 0. The molecule has 2 aromatic rings. The van der Waals surface area contributed by atoms with Crippen LogP contribution in [0.15, 0.2) is 36.5 Å². The minimum absolute atomic E-state index is 0.282. The predicted molar refractivity (Wildman–Crippen MR) is 64.5 cm³/mol. The normalized spacial score (nSPS) is 12.4. The molecule has 0 spiro atoms. The van der Waals surface area contributed by atoms with Crippen LogP contribution < -0.4 is 11.3 Å². The van der Waals surface area contributed by atoms with Gasteiger partial charge in [0.25, 0.3) is 0 Å². The van der Waals surface area contributed by atoms with Crippen LogP contribution in [0.5, 0.6) is 0 Å². The highest BCUT2D eigenvalue weighted by Crippen LogP contribution is 2.23. The zero-order valence-corrected chi connectivity index (χ0v) is 9.82. The molecule has 0 saturated carbocycles. The molecule has 0 aliphatic heterocycles. The van der Waals surface area contributed by atoms with Crippen molar-refractivity contribution in [2.75, 3.05) is 0 Å². The lowest BCUT2D eigenvalue weighted by molar-refractivity contribution is 0.541.